The second-order valence-electron chi connectivity index (χ2n) is 4.81. The standard InChI is InChI=1S/C17H22N2/c1-3-5-14-6-8-16(9-7-14)17-10-15(11-18-4-2)12-19-13-17/h6-10,12-13,18H,3-5,11H2,1-2H3. The van der Waals surface area contributed by atoms with Gasteiger partial charge in [0.25, 0.3) is 0 Å². The molecule has 0 radical (unpaired) electrons. The minimum Gasteiger partial charge on any atom is -0.313 e. The fourth-order valence-corrected chi connectivity index (χ4v) is 2.16. The number of aromatic nitrogens is 1. The maximum atomic E-state index is 4.33. The van der Waals surface area contributed by atoms with Crippen molar-refractivity contribution in [2.45, 2.75) is 33.2 Å². The third-order valence-electron chi connectivity index (χ3n) is 3.20. The summed E-state index contributed by atoms with van der Waals surface area (Å²) in [6.45, 7) is 6.19. The monoisotopic (exact) mass is 254 g/mol. The molecule has 0 amide bonds. The highest BCUT2D eigenvalue weighted by molar-refractivity contribution is 5.63. The molecule has 1 N–H and O–H groups in total. The molecule has 1 heterocycles. The van der Waals surface area contributed by atoms with Crippen LogP contribution in [-0.2, 0) is 13.0 Å². The van der Waals surface area contributed by atoms with E-state index in [0.717, 1.165) is 19.5 Å². The first-order valence-corrected chi connectivity index (χ1v) is 7.07. The number of pyridine rings is 1. The van der Waals surface area contributed by atoms with E-state index in [1.807, 2.05) is 12.4 Å². The highest BCUT2D eigenvalue weighted by atomic mass is 14.8. The molecule has 0 spiro atoms. The molecule has 0 saturated carbocycles. The summed E-state index contributed by atoms with van der Waals surface area (Å²) >= 11 is 0. The molecule has 2 nitrogen and oxygen atoms in total. The van der Waals surface area contributed by atoms with E-state index in [-0.39, 0.29) is 0 Å². The van der Waals surface area contributed by atoms with E-state index < -0.39 is 0 Å². The van der Waals surface area contributed by atoms with Crippen LogP contribution in [-0.4, -0.2) is 11.5 Å². The van der Waals surface area contributed by atoms with Gasteiger partial charge in [-0.25, -0.2) is 0 Å². The van der Waals surface area contributed by atoms with E-state index in [9.17, 15) is 0 Å². The van der Waals surface area contributed by atoms with E-state index in [4.69, 9.17) is 0 Å². The summed E-state index contributed by atoms with van der Waals surface area (Å²) in [5.74, 6) is 0. The van der Waals surface area contributed by atoms with Gasteiger partial charge in [-0.1, -0.05) is 44.5 Å². The summed E-state index contributed by atoms with van der Waals surface area (Å²) in [7, 11) is 0. The van der Waals surface area contributed by atoms with Crippen molar-refractivity contribution < 1.29 is 0 Å². The van der Waals surface area contributed by atoms with Crippen LogP contribution in [0.4, 0.5) is 0 Å². The third kappa shape index (κ3) is 3.90. The molecule has 0 aliphatic heterocycles. The lowest BCUT2D eigenvalue weighted by atomic mass is 10.0. The Balaban J connectivity index is 2.16. The first-order chi connectivity index (χ1) is 9.33. The molecule has 19 heavy (non-hydrogen) atoms. The van der Waals surface area contributed by atoms with Crippen molar-refractivity contribution in [1.82, 2.24) is 10.3 Å². The Morgan fingerprint density at radius 1 is 0.947 bits per heavy atom. The van der Waals surface area contributed by atoms with Crippen LogP contribution in [0.15, 0.2) is 42.7 Å². The number of hydrogen-bond donors (Lipinski definition) is 1. The molecule has 1 aromatic carbocycles. The number of nitrogens with one attached hydrogen (secondary N) is 1. The summed E-state index contributed by atoms with van der Waals surface area (Å²) in [5, 5.41) is 3.33. The van der Waals surface area contributed by atoms with Crippen LogP contribution in [0.1, 0.15) is 31.4 Å². The maximum Gasteiger partial charge on any atom is 0.0346 e. The Hall–Kier alpha value is -1.67. The van der Waals surface area contributed by atoms with Gasteiger partial charge in [0.15, 0.2) is 0 Å². The number of nitrogens with zero attached hydrogens (tertiary/aromatic N) is 1. The molecule has 0 aliphatic carbocycles. The van der Waals surface area contributed by atoms with E-state index in [2.05, 4.69) is 54.5 Å². The Kier molecular flexibility index (Phi) is 5.10. The van der Waals surface area contributed by atoms with E-state index >= 15 is 0 Å². The van der Waals surface area contributed by atoms with Crippen molar-refractivity contribution in [2.24, 2.45) is 0 Å². The van der Waals surface area contributed by atoms with Crippen LogP contribution in [0.2, 0.25) is 0 Å². The quantitative estimate of drug-likeness (QED) is 0.848. The first-order valence-electron chi connectivity index (χ1n) is 7.07. The summed E-state index contributed by atoms with van der Waals surface area (Å²) in [6.07, 6.45) is 6.21. The molecule has 0 fully saturated rings. The van der Waals surface area contributed by atoms with E-state index in [1.165, 1.54) is 28.7 Å². The zero-order chi connectivity index (χ0) is 13.5. The molecule has 0 atom stereocenters. The Morgan fingerprint density at radius 3 is 2.42 bits per heavy atom. The van der Waals surface area contributed by atoms with Crippen LogP contribution in [0, 0.1) is 0 Å². The Morgan fingerprint density at radius 2 is 1.74 bits per heavy atom. The zero-order valence-corrected chi connectivity index (χ0v) is 11.8. The van der Waals surface area contributed by atoms with Crippen LogP contribution in [0.25, 0.3) is 11.1 Å². The summed E-state index contributed by atoms with van der Waals surface area (Å²) < 4.78 is 0. The van der Waals surface area contributed by atoms with Crippen LogP contribution in [0.3, 0.4) is 0 Å². The lowest BCUT2D eigenvalue weighted by molar-refractivity contribution is 0.724. The average Bonchev–Trinajstić information content (AvgIpc) is 2.46. The summed E-state index contributed by atoms with van der Waals surface area (Å²) in [4.78, 5) is 4.33. The molecule has 0 bridgehead atoms. The van der Waals surface area contributed by atoms with Gasteiger partial charge in [0, 0.05) is 24.5 Å². The first kappa shape index (κ1) is 13.8. The van der Waals surface area contributed by atoms with Gasteiger partial charge in [-0.3, -0.25) is 4.98 Å². The predicted octanol–water partition coefficient (Wildman–Crippen LogP) is 3.81. The summed E-state index contributed by atoms with van der Waals surface area (Å²) in [5.41, 5.74) is 5.07. The van der Waals surface area contributed by atoms with Crippen LogP contribution >= 0.6 is 0 Å². The van der Waals surface area contributed by atoms with Gasteiger partial charge in [-0.15, -0.1) is 0 Å². The third-order valence-corrected chi connectivity index (χ3v) is 3.20. The molecule has 0 saturated heterocycles. The van der Waals surface area contributed by atoms with Gasteiger partial charge in [0.2, 0.25) is 0 Å². The SMILES string of the molecule is CCCc1ccc(-c2cncc(CNCC)c2)cc1. The number of hydrogen-bond acceptors (Lipinski definition) is 2. The molecule has 1 aromatic heterocycles. The Bertz CT molecular complexity index is 503. The number of benzene rings is 1. The van der Waals surface area contributed by atoms with Gasteiger partial charge >= 0.3 is 0 Å². The van der Waals surface area contributed by atoms with Crippen molar-refractivity contribution in [2.75, 3.05) is 6.54 Å². The zero-order valence-electron chi connectivity index (χ0n) is 11.8. The molecule has 100 valence electrons. The highest BCUT2D eigenvalue weighted by Crippen LogP contribution is 2.20. The van der Waals surface area contributed by atoms with E-state index in [0.29, 0.717) is 0 Å². The van der Waals surface area contributed by atoms with Gasteiger partial charge in [-0.05, 0) is 35.7 Å². The smallest absolute Gasteiger partial charge is 0.0346 e. The van der Waals surface area contributed by atoms with Crippen LogP contribution in [0.5, 0.6) is 0 Å². The van der Waals surface area contributed by atoms with Crippen molar-refractivity contribution in [1.29, 1.82) is 0 Å². The minimum absolute atomic E-state index is 0.880. The van der Waals surface area contributed by atoms with Crippen molar-refractivity contribution in [3.63, 3.8) is 0 Å². The molecule has 2 heteroatoms. The van der Waals surface area contributed by atoms with Gasteiger partial charge in [-0.2, -0.15) is 0 Å². The molecule has 2 rings (SSSR count). The van der Waals surface area contributed by atoms with E-state index in [1.54, 1.807) is 0 Å². The topological polar surface area (TPSA) is 24.9 Å². The second-order valence-corrected chi connectivity index (χ2v) is 4.81. The fourth-order valence-electron chi connectivity index (χ4n) is 2.16. The normalized spacial score (nSPS) is 10.6. The largest absolute Gasteiger partial charge is 0.313 e. The predicted molar refractivity (Wildman–Crippen MR) is 81.0 cm³/mol. The van der Waals surface area contributed by atoms with Crippen LogP contribution < -0.4 is 5.32 Å². The number of aryl methyl sites for hydroxylation is 1. The average molecular weight is 254 g/mol. The van der Waals surface area contributed by atoms with Crippen molar-refractivity contribution >= 4 is 0 Å². The van der Waals surface area contributed by atoms with Gasteiger partial charge < -0.3 is 5.32 Å². The van der Waals surface area contributed by atoms with Crippen molar-refractivity contribution in [3.8, 4) is 11.1 Å². The molecular formula is C17H22N2. The Labute approximate surface area is 115 Å². The summed E-state index contributed by atoms with van der Waals surface area (Å²) in [6, 6.07) is 11.0. The van der Waals surface area contributed by atoms with Gasteiger partial charge in [0.1, 0.15) is 0 Å². The lowest BCUT2D eigenvalue weighted by Gasteiger charge is -2.06. The highest BCUT2D eigenvalue weighted by Gasteiger charge is 2.00. The minimum atomic E-state index is 0.880. The maximum absolute atomic E-state index is 4.33. The van der Waals surface area contributed by atoms with Crippen molar-refractivity contribution in [3.05, 3.63) is 53.9 Å². The molecular weight excluding hydrogens is 232 g/mol. The molecule has 2 aromatic rings. The lowest BCUT2D eigenvalue weighted by Crippen LogP contribution is -2.11. The second kappa shape index (κ2) is 7.05. The fraction of sp³-hybridized carbons (Fsp3) is 0.353. The number of rotatable bonds is 6. The molecule has 0 unspecified atom stereocenters. The van der Waals surface area contributed by atoms with Gasteiger partial charge in [0.05, 0.1) is 0 Å². The molecule has 0 aliphatic rings.